The Balaban J connectivity index is 1.90. The van der Waals surface area contributed by atoms with Gasteiger partial charge < -0.3 is 19.6 Å². The molecule has 6 nitrogen and oxygen atoms in total. The number of imidazole rings is 1. The van der Waals surface area contributed by atoms with Crippen molar-refractivity contribution in [3.05, 3.63) is 48.7 Å². The summed E-state index contributed by atoms with van der Waals surface area (Å²) >= 11 is 0. The molecular weight excluding hydrogens is 349 g/mol. The molecule has 1 aromatic carbocycles. The average molecular weight is 366 g/mol. The molecule has 0 bridgehead atoms. The second-order valence-electron chi connectivity index (χ2n) is 6.11. The minimum atomic E-state index is -5.07. The number of amides is 1. The van der Waals surface area contributed by atoms with Gasteiger partial charge in [0.2, 0.25) is 11.5 Å². The van der Waals surface area contributed by atoms with E-state index >= 15 is 0 Å². The minimum absolute atomic E-state index is 0.373. The van der Waals surface area contributed by atoms with Crippen LogP contribution in [0, 0.1) is 0 Å². The summed E-state index contributed by atoms with van der Waals surface area (Å²) < 4.78 is 43.4. The number of carbonyl (C=O) groups is 1. The highest BCUT2D eigenvalue weighted by Crippen LogP contribution is 2.41. The quantitative estimate of drug-likeness (QED) is 0.746. The number of hydrogen-bond donors (Lipinski definition) is 2. The summed E-state index contributed by atoms with van der Waals surface area (Å²) in [6, 6.07) is 6.85. The molecule has 1 amide bonds. The molecule has 0 radical (unpaired) electrons. The maximum Gasteiger partial charge on any atom is 0.425 e. The lowest BCUT2D eigenvalue weighted by Crippen LogP contribution is -2.46. The number of nitrogens with zero attached hydrogens (tertiary/aromatic N) is 3. The zero-order chi connectivity index (χ0) is 19.1. The van der Waals surface area contributed by atoms with E-state index in [1.807, 2.05) is 17.7 Å². The fraction of sp³-hybridized carbons (Fsp3) is 0.294. The summed E-state index contributed by atoms with van der Waals surface area (Å²) in [4.78, 5) is 15.9. The molecule has 9 heteroatoms. The van der Waals surface area contributed by atoms with Crippen LogP contribution in [0.4, 0.5) is 18.9 Å². The average Bonchev–Trinajstić information content (AvgIpc) is 3.13. The van der Waals surface area contributed by atoms with Gasteiger partial charge in [0.1, 0.15) is 0 Å². The number of halogens is 3. The lowest BCUT2D eigenvalue weighted by atomic mass is 9.97. The van der Waals surface area contributed by atoms with Crippen LogP contribution in [0.15, 0.2) is 42.9 Å². The van der Waals surface area contributed by atoms with Crippen LogP contribution >= 0.6 is 0 Å². The number of aliphatic hydroxyl groups is 1. The van der Waals surface area contributed by atoms with Gasteiger partial charge in [0, 0.05) is 43.6 Å². The van der Waals surface area contributed by atoms with Gasteiger partial charge in [-0.1, -0.05) is 6.07 Å². The Morgan fingerprint density at radius 3 is 2.54 bits per heavy atom. The van der Waals surface area contributed by atoms with Crippen LogP contribution in [0.5, 0.6) is 0 Å². The van der Waals surface area contributed by atoms with Crippen molar-refractivity contribution in [1.29, 1.82) is 0 Å². The summed E-state index contributed by atoms with van der Waals surface area (Å²) in [5.41, 5.74) is -2.20. The van der Waals surface area contributed by atoms with E-state index in [-0.39, 0.29) is 0 Å². The van der Waals surface area contributed by atoms with E-state index in [9.17, 15) is 23.1 Å². The third-order valence-corrected chi connectivity index (χ3v) is 4.28. The smallest absolute Gasteiger partial charge is 0.374 e. The number of aryl methyl sites for hydroxylation is 2. The largest absolute Gasteiger partial charge is 0.425 e. The third-order valence-electron chi connectivity index (χ3n) is 4.28. The van der Waals surface area contributed by atoms with Crippen LogP contribution in [0.3, 0.4) is 0 Å². The molecule has 0 aliphatic rings. The predicted octanol–water partition coefficient (Wildman–Crippen LogP) is 2.69. The summed E-state index contributed by atoms with van der Waals surface area (Å²) in [7, 11) is 3.14. The van der Waals surface area contributed by atoms with E-state index in [1.54, 1.807) is 24.4 Å². The number of rotatable bonds is 4. The first kappa shape index (κ1) is 18.0. The van der Waals surface area contributed by atoms with Gasteiger partial charge in [0.25, 0.3) is 0 Å². The van der Waals surface area contributed by atoms with Gasteiger partial charge >= 0.3 is 6.18 Å². The first-order valence-electron chi connectivity index (χ1n) is 7.74. The number of fused-ring (bicyclic) bond motifs is 1. The van der Waals surface area contributed by atoms with Gasteiger partial charge in [-0.25, -0.2) is 4.98 Å². The molecule has 3 aromatic rings. The molecule has 138 valence electrons. The number of anilines is 1. The summed E-state index contributed by atoms with van der Waals surface area (Å²) in [5.74, 6) is -1.61. The van der Waals surface area contributed by atoms with E-state index < -0.39 is 29.9 Å². The van der Waals surface area contributed by atoms with Gasteiger partial charge in [-0.15, -0.1) is 0 Å². The summed E-state index contributed by atoms with van der Waals surface area (Å²) in [6.45, 7) is 0. The maximum atomic E-state index is 13.5. The Bertz CT molecular complexity index is 960. The number of hydrogen-bond acceptors (Lipinski definition) is 3. The van der Waals surface area contributed by atoms with Crippen molar-refractivity contribution in [2.24, 2.45) is 14.1 Å². The van der Waals surface area contributed by atoms with E-state index in [0.717, 1.165) is 16.3 Å². The van der Waals surface area contributed by atoms with Crippen LogP contribution in [-0.2, 0) is 24.5 Å². The first-order chi connectivity index (χ1) is 12.1. The third kappa shape index (κ3) is 2.94. The second-order valence-corrected chi connectivity index (χ2v) is 6.11. The van der Waals surface area contributed by atoms with E-state index in [4.69, 9.17) is 0 Å². The molecule has 0 spiro atoms. The molecule has 0 fully saturated rings. The van der Waals surface area contributed by atoms with Crippen LogP contribution in [0.25, 0.3) is 10.9 Å². The van der Waals surface area contributed by atoms with Gasteiger partial charge in [-0.2, -0.15) is 13.2 Å². The van der Waals surface area contributed by atoms with Crippen LogP contribution in [-0.4, -0.2) is 31.3 Å². The van der Waals surface area contributed by atoms with Crippen LogP contribution in [0.1, 0.15) is 12.2 Å². The lowest BCUT2D eigenvalue weighted by Gasteiger charge is -2.29. The normalized spacial score (nSPS) is 14.4. The van der Waals surface area contributed by atoms with Gasteiger partial charge in [0.15, 0.2) is 5.82 Å². The van der Waals surface area contributed by atoms with Crippen molar-refractivity contribution in [3.8, 4) is 0 Å². The van der Waals surface area contributed by atoms with E-state index in [1.165, 1.54) is 13.2 Å². The van der Waals surface area contributed by atoms with Crippen LogP contribution < -0.4 is 5.32 Å². The Hall–Kier alpha value is -2.81. The van der Waals surface area contributed by atoms with Crippen molar-refractivity contribution < 1.29 is 23.1 Å². The van der Waals surface area contributed by atoms with Gasteiger partial charge in [-0.3, -0.25) is 4.79 Å². The number of benzene rings is 1. The predicted molar refractivity (Wildman–Crippen MR) is 89.3 cm³/mol. The molecule has 0 saturated heterocycles. The molecule has 26 heavy (non-hydrogen) atoms. The highest BCUT2D eigenvalue weighted by atomic mass is 19.4. The Kier molecular flexibility index (Phi) is 4.27. The Morgan fingerprint density at radius 2 is 1.92 bits per heavy atom. The van der Waals surface area contributed by atoms with Crippen molar-refractivity contribution in [3.63, 3.8) is 0 Å². The highest BCUT2D eigenvalue weighted by Gasteiger charge is 2.58. The Labute approximate surface area is 146 Å². The maximum absolute atomic E-state index is 13.5. The highest BCUT2D eigenvalue weighted by molar-refractivity contribution is 6.01. The molecule has 0 aliphatic heterocycles. The van der Waals surface area contributed by atoms with E-state index in [0.29, 0.717) is 11.1 Å². The van der Waals surface area contributed by atoms with Crippen molar-refractivity contribution in [2.75, 3.05) is 5.32 Å². The molecule has 0 saturated carbocycles. The van der Waals surface area contributed by atoms with Crippen LogP contribution in [0.2, 0.25) is 0 Å². The lowest BCUT2D eigenvalue weighted by molar-refractivity contribution is -0.270. The summed E-state index contributed by atoms with van der Waals surface area (Å²) in [6.07, 6.45) is -2.09. The number of nitrogens with one attached hydrogen (secondary N) is 1. The monoisotopic (exact) mass is 366 g/mol. The van der Waals surface area contributed by atoms with Gasteiger partial charge in [0.05, 0.1) is 12.1 Å². The fourth-order valence-electron chi connectivity index (χ4n) is 2.91. The zero-order valence-corrected chi connectivity index (χ0v) is 14.1. The van der Waals surface area contributed by atoms with Gasteiger partial charge in [-0.05, 0) is 18.2 Å². The molecule has 1 unspecified atom stereocenters. The molecule has 1 atom stereocenters. The molecule has 2 N–H and O–H groups in total. The molecular formula is C17H17F3N4O2. The molecule has 2 aromatic heterocycles. The van der Waals surface area contributed by atoms with Crippen molar-refractivity contribution in [1.82, 2.24) is 14.1 Å². The SMILES string of the molecule is Cn1ccnc1C(O)(CC(=O)Nc1cccc2c1ccn2C)C(F)(F)F. The van der Waals surface area contributed by atoms with Crippen molar-refractivity contribution in [2.45, 2.75) is 18.2 Å². The van der Waals surface area contributed by atoms with Crippen molar-refractivity contribution >= 4 is 22.5 Å². The minimum Gasteiger partial charge on any atom is -0.374 e. The van der Waals surface area contributed by atoms with E-state index in [2.05, 4.69) is 10.3 Å². The number of aromatic nitrogens is 3. The molecule has 2 heterocycles. The zero-order valence-electron chi connectivity index (χ0n) is 14.1. The second kappa shape index (κ2) is 6.17. The standard InChI is InChI=1S/C17H17F3N4O2/c1-23-8-6-11-12(4-3-5-13(11)23)22-14(25)10-16(26,17(18,19)20)15-21-7-9-24(15)2/h3-9,26H,10H2,1-2H3,(H,22,25). The molecule has 3 rings (SSSR count). The summed E-state index contributed by atoms with van der Waals surface area (Å²) in [5, 5.41) is 13.4. The topological polar surface area (TPSA) is 72.1 Å². The molecule has 0 aliphatic carbocycles. The first-order valence-corrected chi connectivity index (χ1v) is 7.74. The number of alkyl halides is 3. The fourth-order valence-corrected chi connectivity index (χ4v) is 2.91. The number of carbonyl (C=O) groups excluding carboxylic acids is 1. The Morgan fingerprint density at radius 1 is 1.19 bits per heavy atom.